The Morgan fingerprint density at radius 2 is 1.78 bits per heavy atom. The number of carbonyl (C=O) groups excluding carboxylic acids is 3. The first-order valence-corrected chi connectivity index (χ1v) is 7.39. The topological polar surface area (TPSA) is 63.2 Å². The zero-order chi connectivity index (χ0) is 14.0. The third-order valence-corrected chi connectivity index (χ3v) is 3.39. The second kappa shape index (κ2) is 10.1. The summed E-state index contributed by atoms with van der Waals surface area (Å²) in [6.07, 6.45) is 5.01. The Hall–Kier alpha value is -0.840. The number of hydrogen-bond donors (Lipinski definition) is 1. The van der Waals surface area contributed by atoms with Gasteiger partial charge in [0.05, 0.1) is 11.8 Å². The molecule has 0 aliphatic carbocycles. The lowest BCUT2D eigenvalue weighted by molar-refractivity contribution is -0.125. The van der Waals surface area contributed by atoms with Crippen molar-refractivity contribution in [1.29, 1.82) is 0 Å². The molecule has 0 bridgehead atoms. The second-order valence-electron chi connectivity index (χ2n) is 4.36. The van der Waals surface area contributed by atoms with Crippen LogP contribution in [0.3, 0.4) is 0 Å². The summed E-state index contributed by atoms with van der Waals surface area (Å²) in [6, 6.07) is -0.401. The highest BCUT2D eigenvalue weighted by atomic mass is 32.2. The van der Waals surface area contributed by atoms with Crippen molar-refractivity contribution in [2.24, 2.45) is 0 Å². The molecular weight excluding hydrogens is 250 g/mol. The molecule has 0 aromatic rings. The Morgan fingerprint density at radius 3 is 2.28 bits per heavy atom. The summed E-state index contributed by atoms with van der Waals surface area (Å²) in [5.74, 6) is -0.174. The summed E-state index contributed by atoms with van der Waals surface area (Å²) in [5.41, 5.74) is 0. The number of Topliss-reactive ketones (excluding diaryl/α,β-unsaturated/α-hetero) is 1. The molecule has 0 radical (unpaired) electrons. The third kappa shape index (κ3) is 9.22. The smallest absolute Gasteiger partial charge is 0.231 e. The van der Waals surface area contributed by atoms with Crippen molar-refractivity contribution in [3.05, 3.63) is 0 Å². The van der Waals surface area contributed by atoms with Crippen LogP contribution < -0.4 is 5.32 Å². The number of unbranched alkanes of at least 4 members (excludes halogenated alkanes) is 3. The minimum absolute atomic E-state index is 0.0207. The summed E-state index contributed by atoms with van der Waals surface area (Å²) in [4.78, 5) is 33.6. The van der Waals surface area contributed by atoms with Gasteiger partial charge in [0.1, 0.15) is 0 Å². The second-order valence-corrected chi connectivity index (χ2v) is 5.51. The maximum atomic E-state index is 11.5. The molecule has 0 aliphatic heterocycles. The van der Waals surface area contributed by atoms with E-state index in [2.05, 4.69) is 12.2 Å². The van der Waals surface area contributed by atoms with Crippen LogP contribution in [-0.4, -0.2) is 28.6 Å². The van der Waals surface area contributed by atoms with Gasteiger partial charge in [-0.25, -0.2) is 0 Å². The standard InChI is InChI=1S/C13H23NO3S/c1-4-5-6-7-8-12(10(2)15)14-13(17)9-18-11(3)16/h12H,4-9H2,1-3H3,(H,14,17). The van der Waals surface area contributed by atoms with Crippen molar-refractivity contribution < 1.29 is 14.4 Å². The van der Waals surface area contributed by atoms with E-state index in [0.717, 1.165) is 37.4 Å². The molecule has 0 spiro atoms. The number of amides is 1. The van der Waals surface area contributed by atoms with Crippen molar-refractivity contribution >= 4 is 28.6 Å². The lowest BCUT2D eigenvalue weighted by atomic mass is 10.0. The van der Waals surface area contributed by atoms with Gasteiger partial charge in [-0.1, -0.05) is 44.4 Å². The molecule has 0 aliphatic rings. The van der Waals surface area contributed by atoms with Crippen LogP contribution in [0.5, 0.6) is 0 Å². The van der Waals surface area contributed by atoms with Gasteiger partial charge in [-0.3, -0.25) is 14.4 Å². The molecule has 1 unspecified atom stereocenters. The van der Waals surface area contributed by atoms with Gasteiger partial charge < -0.3 is 5.32 Å². The minimum Gasteiger partial charge on any atom is -0.346 e. The van der Waals surface area contributed by atoms with Gasteiger partial charge in [0, 0.05) is 6.92 Å². The Balaban J connectivity index is 3.99. The lowest BCUT2D eigenvalue weighted by Crippen LogP contribution is -2.40. The molecule has 0 saturated heterocycles. The first-order chi connectivity index (χ1) is 8.47. The molecule has 4 nitrogen and oxygen atoms in total. The van der Waals surface area contributed by atoms with Gasteiger partial charge in [0.25, 0.3) is 0 Å². The summed E-state index contributed by atoms with van der Waals surface area (Å²) in [7, 11) is 0. The monoisotopic (exact) mass is 273 g/mol. The Bertz CT molecular complexity index is 292. The number of thioether (sulfide) groups is 1. The van der Waals surface area contributed by atoms with E-state index in [1.807, 2.05) is 0 Å². The van der Waals surface area contributed by atoms with Gasteiger partial charge in [-0.2, -0.15) is 0 Å². The van der Waals surface area contributed by atoms with Crippen LogP contribution in [0.1, 0.15) is 52.9 Å². The maximum absolute atomic E-state index is 11.5. The molecule has 0 saturated carbocycles. The highest BCUT2D eigenvalue weighted by molar-refractivity contribution is 8.14. The van der Waals surface area contributed by atoms with Gasteiger partial charge in [0.15, 0.2) is 10.9 Å². The van der Waals surface area contributed by atoms with Crippen LogP contribution in [0.4, 0.5) is 0 Å². The fourth-order valence-electron chi connectivity index (χ4n) is 1.56. The Kier molecular flexibility index (Phi) is 9.64. The molecule has 1 N–H and O–H groups in total. The summed E-state index contributed by atoms with van der Waals surface area (Å²) in [6.45, 7) is 5.04. The van der Waals surface area contributed by atoms with Crippen LogP contribution >= 0.6 is 11.8 Å². The number of ketones is 1. The predicted molar refractivity (Wildman–Crippen MR) is 74.5 cm³/mol. The van der Waals surface area contributed by atoms with E-state index >= 15 is 0 Å². The van der Waals surface area contributed by atoms with E-state index in [-0.39, 0.29) is 22.6 Å². The Morgan fingerprint density at radius 1 is 1.11 bits per heavy atom. The number of nitrogens with one attached hydrogen (secondary N) is 1. The van der Waals surface area contributed by atoms with Crippen LogP contribution in [0.25, 0.3) is 0 Å². The zero-order valence-electron chi connectivity index (χ0n) is 11.5. The SMILES string of the molecule is CCCCCCC(NC(=O)CSC(C)=O)C(C)=O. The minimum atomic E-state index is -0.401. The summed E-state index contributed by atoms with van der Waals surface area (Å²) < 4.78 is 0. The van der Waals surface area contributed by atoms with E-state index in [1.165, 1.54) is 13.8 Å². The van der Waals surface area contributed by atoms with Crippen molar-refractivity contribution in [3.8, 4) is 0 Å². The van der Waals surface area contributed by atoms with E-state index in [0.29, 0.717) is 6.42 Å². The van der Waals surface area contributed by atoms with Crippen molar-refractivity contribution in [2.45, 2.75) is 58.9 Å². The van der Waals surface area contributed by atoms with E-state index in [1.54, 1.807) is 0 Å². The van der Waals surface area contributed by atoms with Crippen LogP contribution in [0.2, 0.25) is 0 Å². The highest BCUT2D eigenvalue weighted by Crippen LogP contribution is 2.07. The van der Waals surface area contributed by atoms with Gasteiger partial charge in [-0.05, 0) is 13.3 Å². The van der Waals surface area contributed by atoms with Crippen molar-refractivity contribution in [2.75, 3.05) is 5.75 Å². The average Bonchev–Trinajstić information content (AvgIpc) is 2.30. The maximum Gasteiger partial charge on any atom is 0.231 e. The quantitative estimate of drug-likeness (QED) is 0.655. The highest BCUT2D eigenvalue weighted by Gasteiger charge is 2.16. The number of hydrogen-bond acceptors (Lipinski definition) is 4. The summed E-state index contributed by atoms with van der Waals surface area (Å²) >= 11 is 0.963. The fraction of sp³-hybridized carbons (Fsp3) is 0.769. The molecule has 0 rings (SSSR count). The molecule has 0 aromatic heterocycles. The normalized spacial score (nSPS) is 11.9. The molecule has 0 fully saturated rings. The average molecular weight is 273 g/mol. The van der Waals surface area contributed by atoms with E-state index in [9.17, 15) is 14.4 Å². The molecule has 18 heavy (non-hydrogen) atoms. The molecule has 5 heteroatoms. The van der Waals surface area contributed by atoms with Crippen LogP contribution in [0, 0.1) is 0 Å². The molecular formula is C13H23NO3S. The fourth-order valence-corrected chi connectivity index (χ4v) is 1.97. The predicted octanol–water partition coefficient (Wildman–Crippen LogP) is 2.31. The van der Waals surface area contributed by atoms with Crippen molar-refractivity contribution in [3.63, 3.8) is 0 Å². The van der Waals surface area contributed by atoms with Gasteiger partial charge in [0.2, 0.25) is 5.91 Å². The molecule has 1 atom stereocenters. The summed E-state index contributed by atoms with van der Waals surface area (Å²) in [5, 5.41) is 2.60. The third-order valence-electron chi connectivity index (χ3n) is 2.58. The number of carbonyl (C=O) groups is 3. The molecule has 1 amide bonds. The molecule has 104 valence electrons. The van der Waals surface area contributed by atoms with Crippen LogP contribution in [0.15, 0.2) is 0 Å². The lowest BCUT2D eigenvalue weighted by Gasteiger charge is -2.15. The van der Waals surface area contributed by atoms with Crippen LogP contribution in [-0.2, 0) is 14.4 Å². The Labute approximate surface area is 113 Å². The van der Waals surface area contributed by atoms with Crippen molar-refractivity contribution in [1.82, 2.24) is 5.32 Å². The van der Waals surface area contributed by atoms with E-state index in [4.69, 9.17) is 0 Å². The van der Waals surface area contributed by atoms with E-state index < -0.39 is 6.04 Å². The largest absolute Gasteiger partial charge is 0.346 e. The zero-order valence-corrected chi connectivity index (χ0v) is 12.3. The molecule has 0 aromatic carbocycles. The molecule has 0 heterocycles. The van der Waals surface area contributed by atoms with Gasteiger partial charge >= 0.3 is 0 Å². The first-order valence-electron chi connectivity index (χ1n) is 6.40. The van der Waals surface area contributed by atoms with Gasteiger partial charge in [-0.15, -0.1) is 0 Å². The first kappa shape index (κ1) is 17.2. The number of rotatable bonds is 9.